The van der Waals surface area contributed by atoms with E-state index in [1.807, 2.05) is 24.3 Å². The lowest BCUT2D eigenvalue weighted by atomic mass is 10.2. The van der Waals surface area contributed by atoms with Gasteiger partial charge in [-0.15, -0.1) is 0 Å². The lowest BCUT2D eigenvalue weighted by molar-refractivity contribution is -0.645. The van der Waals surface area contributed by atoms with Crippen LogP contribution in [0.4, 0.5) is 0 Å². The van der Waals surface area contributed by atoms with Gasteiger partial charge >= 0.3 is 0 Å². The van der Waals surface area contributed by atoms with Gasteiger partial charge in [0.25, 0.3) is 5.03 Å². The molecule has 110 valence electrons. The Morgan fingerprint density at radius 2 is 2.00 bits per heavy atom. The van der Waals surface area contributed by atoms with E-state index in [2.05, 4.69) is 15.9 Å². The van der Waals surface area contributed by atoms with Crippen molar-refractivity contribution in [3.05, 3.63) is 63.9 Å². The Morgan fingerprint density at radius 1 is 1.29 bits per heavy atom. The van der Waals surface area contributed by atoms with Gasteiger partial charge in [-0.25, -0.2) is 0 Å². The van der Waals surface area contributed by atoms with Crippen molar-refractivity contribution in [2.45, 2.75) is 11.6 Å². The summed E-state index contributed by atoms with van der Waals surface area (Å²) in [7, 11) is 1.76. The first-order valence-corrected chi connectivity index (χ1v) is 8.14. The van der Waals surface area contributed by atoms with E-state index in [0.29, 0.717) is 11.6 Å². The Labute approximate surface area is 136 Å². The molecule has 0 saturated heterocycles. The van der Waals surface area contributed by atoms with E-state index < -0.39 is 0 Å². The predicted molar refractivity (Wildman–Crippen MR) is 86.7 cm³/mol. The average Bonchev–Trinajstić information content (AvgIpc) is 2.48. The lowest BCUT2D eigenvalue weighted by Crippen LogP contribution is -2.31. The molecule has 1 aromatic carbocycles. The molecule has 0 radical (unpaired) electrons. The van der Waals surface area contributed by atoms with Crippen molar-refractivity contribution < 1.29 is 9.52 Å². The third-order valence-corrected chi connectivity index (χ3v) is 4.70. The van der Waals surface area contributed by atoms with Crippen LogP contribution >= 0.6 is 27.7 Å². The van der Waals surface area contributed by atoms with E-state index in [-0.39, 0.29) is 11.7 Å². The normalized spacial score (nSPS) is 10.4. The molecule has 0 spiro atoms. The molecule has 21 heavy (non-hydrogen) atoms. The van der Waals surface area contributed by atoms with Crippen molar-refractivity contribution in [2.24, 2.45) is 0 Å². The number of thioether (sulfide) groups is 1. The molecular formula is C15H15BrN2O2S. The summed E-state index contributed by atoms with van der Waals surface area (Å²) in [6.45, 7) is 0.535. The molecule has 6 heteroatoms. The van der Waals surface area contributed by atoms with Crippen LogP contribution in [0.25, 0.3) is 0 Å². The van der Waals surface area contributed by atoms with E-state index >= 15 is 0 Å². The molecule has 0 N–H and O–H groups in total. The number of hydrogen-bond donors (Lipinski definition) is 0. The van der Waals surface area contributed by atoms with Gasteiger partial charge in [0.15, 0.2) is 6.20 Å². The Hall–Kier alpha value is -1.53. The maximum absolute atomic E-state index is 12.1. The molecule has 0 atom stereocenters. The Kier molecular flexibility index (Phi) is 5.64. The fourth-order valence-corrected chi connectivity index (χ4v) is 3.01. The maximum Gasteiger partial charge on any atom is 0.251 e. The zero-order valence-corrected chi connectivity index (χ0v) is 13.9. The van der Waals surface area contributed by atoms with E-state index in [1.165, 1.54) is 18.0 Å². The summed E-state index contributed by atoms with van der Waals surface area (Å²) in [4.78, 5) is 13.8. The molecule has 1 heterocycles. The van der Waals surface area contributed by atoms with Crippen molar-refractivity contribution in [3.63, 3.8) is 0 Å². The molecule has 0 aliphatic heterocycles. The fraction of sp³-hybridized carbons (Fsp3) is 0.200. The Morgan fingerprint density at radius 3 is 2.71 bits per heavy atom. The first kappa shape index (κ1) is 15.9. The minimum atomic E-state index is -0.0143. The second-order valence-electron chi connectivity index (χ2n) is 4.49. The molecule has 2 rings (SSSR count). The Bertz CT molecular complexity index is 637. The Balaban J connectivity index is 1.91. The van der Waals surface area contributed by atoms with Gasteiger partial charge in [0.05, 0.1) is 5.75 Å². The maximum atomic E-state index is 12.1. The number of hydrogen-bond acceptors (Lipinski definition) is 3. The molecule has 0 aliphatic carbocycles. The zero-order valence-electron chi connectivity index (χ0n) is 11.5. The van der Waals surface area contributed by atoms with Crippen molar-refractivity contribution >= 4 is 33.6 Å². The summed E-state index contributed by atoms with van der Waals surface area (Å²) >= 11 is 4.72. The number of carbonyl (C=O) groups excluding carboxylic acids is 1. The molecule has 1 aromatic heterocycles. The van der Waals surface area contributed by atoms with Crippen LogP contribution in [0.1, 0.15) is 5.56 Å². The summed E-state index contributed by atoms with van der Waals surface area (Å²) in [6.07, 6.45) is 1.43. The molecule has 1 amide bonds. The highest BCUT2D eigenvalue weighted by atomic mass is 79.9. The highest BCUT2D eigenvalue weighted by Crippen LogP contribution is 2.18. The molecule has 2 aromatic rings. The second kappa shape index (κ2) is 7.47. The van der Waals surface area contributed by atoms with Crippen molar-refractivity contribution in [2.75, 3.05) is 12.8 Å². The molecule has 0 aliphatic rings. The zero-order chi connectivity index (χ0) is 15.2. The van der Waals surface area contributed by atoms with Crippen molar-refractivity contribution in [3.8, 4) is 0 Å². The highest BCUT2D eigenvalue weighted by molar-refractivity contribution is 9.10. The average molecular weight is 367 g/mol. The van der Waals surface area contributed by atoms with Gasteiger partial charge in [-0.2, -0.15) is 4.73 Å². The van der Waals surface area contributed by atoms with Crippen LogP contribution < -0.4 is 4.73 Å². The van der Waals surface area contributed by atoms with Crippen LogP contribution in [-0.4, -0.2) is 23.6 Å². The molecule has 0 unspecified atom stereocenters. The number of halogens is 1. The first-order chi connectivity index (χ1) is 10.1. The topological polar surface area (TPSA) is 47.2 Å². The number of rotatable bonds is 5. The minimum absolute atomic E-state index is 0.0143. The van der Waals surface area contributed by atoms with Gasteiger partial charge in [0.2, 0.25) is 5.91 Å². The summed E-state index contributed by atoms with van der Waals surface area (Å²) in [6, 6.07) is 13.0. The monoisotopic (exact) mass is 366 g/mol. The van der Waals surface area contributed by atoms with Crippen LogP contribution in [0.15, 0.2) is 58.2 Å². The number of aromatic nitrogens is 1. The standard InChI is InChI=1S/C15H15BrN2O2S/c1-17(10-12-6-2-3-7-13(12)16)14(19)11-21-15-8-4-5-9-18(15)20/h2-9H,10-11H2,1H3. The predicted octanol–water partition coefficient (Wildman–Crippen LogP) is 2.83. The smallest absolute Gasteiger partial charge is 0.251 e. The third-order valence-electron chi connectivity index (χ3n) is 2.92. The lowest BCUT2D eigenvalue weighted by Gasteiger charge is -2.17. The summed E-state index contributed by atoms with van der Waals surface area (Å²) < 4.78 is 1.75. The highest BCUT2D eigenvalue weighted by Gasteiger charge is 2.13. The van der Waals surface area contributed by atoms with E-state index in [0.717, 1.165) is 14.8 Å². The van der Waals surface area contributed by atoms with Crippen LogP contribution in [-0.2, 0) is 11.3 Å². The molecule has 4 nitrogen and oxygen atoms in total. The fourth-order valence-electron chi connectivity index (χ4n) is 1.74. The molecular weight excluding hydrogens is 352 g/mol. The van der Waals surface area contributed by atoms with Crippen LogP contribution in [0.3, 0.4) is 0 Å². The van der Waals surface area contributed by atoms with E-state index in [1.54, 1.807) is 30.1 Å². The van der Waals surface area contributed by atoms with Gasteiger partial charge in [-0.05, 0) is 29.5 Å². The van der Waals surface area contributed by atoms with E-state index in [9.17, 15) is 10.0 Å². The quantitative estimate of drug-likeness (QED) is 0.464. The van der Waals surface area contributed by atoms with Gasteiger partial charge in [0.1, 0.15) is 0 Å². The number of nitrogens with zero attached hydrogens (tertiary/aromatic N) is 2. The SMILES string of the molecule is CN(Cc1ccccc1Br)C(=O)CSc1cccc[n+]1[O-]. The van der Waals surface area contributed by atoms with E-state index in [4.69, 9.17) is 0 Å². The molecule has 0 bridgehead atoms. The summed E-state index contributed by atoms with van der Waals surface area (Å²) in [5, 5.41) is 12.0. The van der Waals surface area contributed by atoms with Gasteiger partial charge in [0, 0.05) is 30.2 Å². The number of carbonyl (C=O) groups is 1. The number of amides is 1. The van der Waals surface area contributed by atoms with Gasteiger partial charge in [-0.1, -0.05) is 34.1 Å². The molecule has 0 fully saturated rings. The van der Waals surface area contributed by atoms with Gasteiger partial charge in [-0.3, -0.25) is 4.79 Å². The molecule has 0 saturated carbocycles. The van der Waals surface area contributed by atoms with Crippen molar-refractivity contribution in [1.82, 2.24) is 4.90 Å². The van der Waals surface area contributed by atoms with Crippen molar-refractivity contribution in [1.29, 1.82) is 0 Å². The minimum Gasteiger partial charge on any atom is -0.618 e. The summed E-state index contributed by atoms with van der Waals surface area (Å²) in [5.74, 6) is 0.229. The van der Waals surface area contributed by atoms with Crippen LogP contribution in [0.5, 0.6) is 0 Å². The number of benzene rings is 1. The largest absolute Gasteiger partial charge is 0.618 e. The van der Waals surface area contributed by atoms with Gasteiger partial charge < -0.3 is 10.1 Å². The first-order valence-electron chi connectivity index (χ1n) is 6.36. The second-order valence-corrected chi connectivity index (χ2v) is 6.34. The number of pyridine rings is 1. The third kappa shape index (κ3) is 4.47. The van der Waals surface area contributed by atoms with Crippen LogP contribution in [0.2, 0.25) is 0 Å². The van der Waals surface area contributed by atoms with Crippen LogP contribution in [0, 0.1) is 5.21 Å². The summed E-state index contributed by atoms with van der Waals surface area (Å²) in [5.41, 5.74) is 1.05.